The Morgan fingerprint density at radius 2 is 1.94 bits per heavy atom. The van der Waals surface area contributed by atoms with Gasteiger partial charge in [0, 0.05) is 25.2 Å². The van der Waals surface area contributed by atoms with Crippen LogP contribution in [-0.4, -0.2) is 55.6 Å². The normalized spacial score (nSPS) is 35.0. The van der Waals surface area contributed by atoms with Gasteiger partial charge in [-0.05, 0) is 58.2 Å². The van der Waals surface area contributed by atoms with Crippen LogP contribution >= 0.6 is 0 Å². The van der Waals surface area contributed by atoms with E-state index in [1.807, 2.05) is 0 Å². The molecule has 2 rings (SSSR count). The Kier molecular flexibility index (Phi) is 4.68. The molecule has 2 N–H and O–H groups in total. The summed E-state index contributed by atoms with van der Waals surface area (Å²) in [7, 11) is 4.33. The summed E-state index contributed by atoms with van der Waals surface area (Å²) in [6.45, 7) is 6.70. The molecule has 3 heteroatoms. The fraction of sp³-hybridized carbons (Fsp3) is 1.00. The van der Waals surface area contributed by atoms with Crippen LogP contribution in [0.1, 0.15) is 39.0 Å². The van der Waals surface area contributed by atoms with Crippen molar-refractivity contribution in [2.45, 2.75) is 44.6 Å². The van der Waals surface area contributed by atoms with Crippen LogP contribution in [-0.2, 0) is 0 Å². The minimum Gasteiger partial charge on any atom is -0.329 e. The van der Waals surface area contributed by atoms with Crippen molar-refractivity contribution in [1.82, 2.24) is 9.80 Å². The van der Waals surface area contributed by atoms with Crippen molar-refractivity contribution >= 4 is 0 Å². The van der Waals surface area contributed by atoms with Gasteiger partial charge in [0.2, 0.25) is 0 Å². The topological polar surface area (TPSA) is 32.5 Å². The van der Waals surface area contributed by atoms with Crippen LogP contribution in [0.4, 0.5) is 0 Å². The second-order valence-electron chi connectivity index (χ2n) is 6.68. The Bertz CT molecular complexity index is 266. The van der Waals surface area contributed by atoms with Crippen LogP contribution in [0.25, 0.3) is 0 Å². The van der Waals surface area contributed by atoms with Crippen molar-refractivity contribution in [2.75, 3.05) is 40.3 Å². The van der Waals surface area contributed by atoms with Gasteiger partial charge in [0.25, 0.3) is 0 Å². The quantitative estimate of drug-likeness (QED) is 0.750. The van der Waals surface area contributed by atoms with Crippen molar-refractivity contribution in [3.05, 3.63) is 0 Å². The second kappa shape index (κ2) is 5.89. The SMILES string of the molecule is CCCN(CCN(C)C)C1(CN)CC2CCC1C2. The lowest BCUT2D eigenvalue weighted by atomic mass is 9.79. The Labute approximate surface area is 113 Å². The summed E-state index contributed by atoms with van der Waals surface area (Å²) in [6.07, 6.45) is 6.93. The van der Waals surface area contributed by atoms with E-state index in [2.05, 4.69) is 30.8 Å². The highest BCUT2D eigenvalue weighted by atomic mass is 15.2. The summed E-state index contributed by atoms with van der Waals surface area (Å²) in [5.74, 6) is 1.85. The highest BCUT2D eigenvalue weighted by Gasteiger charge is 2.52. The molecule has 0 spiro atoms. The minimum atomic E-state index is 0.342. The molecule has 2 fully saturated rings. The molecule has 3 nitrogen and oxygen atoms in total. The number of nitrogens with two attached hydrogens (primary N) is 1. The van der Waals surface area contributed by atoms with E-state index in [1.165, 1.54) is 45.2 Å². The minimum absolute atomic E-state index is 0.342. The van der Waals surface area contributed by atoms with Gasteiger partial charge in [0.05, 0.1) is 0 Å². The summed E-state index contributed by atoms with van der Waals surface area (Å²) >= 11 is 0. The lowest BCUT2D eigenvalue weighted by molar-refractivity contribution is 0.0365. The van der Waals surface area contributed by atoms with Crippen molar-refractivity contribution in [2.24, 2.45) is 17.6 Å². The number of hydrogen-bond acceptors (Lipinski definition) is 3. The van der Waals surface area contributed by atoms with Gasteiger partial charge in [-0.15, -0.1) is 0 Å². The molecule has 0 radical (unpaired) electrons. The predicted octanol–water partition coefficient (Wildman–Crippen LogP) is 1.78. The summed E-state index contributed by atoms with van der Waals surface area (Å²) in [5, 5.41) is 0. The Morgan fingerprint density at radius 3 is 2.39 bits per heavy atom. The zero-order valence-electron chi connectivity index (χ0n) is 12.5. The molecule has 18 heavy (non-hydrogen) atoms. The Hall–Kier alpha value is -0.120. The van der Waals surface area contributed by atoms with E-state index >= 15 is 0 Å². The molecule has 2 saturated carbocycles. The van der Waals surface area contributed by atoms with Crippen molar-refractivity contribution in [3.8, 4) is 0 Å². The van der Waals surface area contributed by atoms with Crippen molar-refractivity contribution in [1.29, 1.82) is 0 Å². The van der Waals surface area contributed by atoms with Crippen molar-refractivity contribution in [3.63, 3.8) is 0 Å². The predicted molar refractivity (Wildman–Crippen MR) is 77.7 cm³/mol. The standard InChI is InChI=1S/C15H31N3/c1-4-7-18(9-8-17(2)3)15(12-16)11-13-5-6-14(15)10-13/h13-14H,4-12,16H2,1-3H3. The van der Waals surface area contributed by atoms with Gasteiger partial charge in [-0.2, -0.15) is 0 Å². The molecule has 2 aliphatic carbocycles. The van der Waals surface area contributed by atoms with Gasteiger partial charge in [-0.25, -0.2) is 0 Å². The fourth-order valence-corrected chi connectivity index (χ4v) is 4.33. The first-order valence-electron chi connectivity index (χ1n) is 7.72. The Morgan fingerprint density at radius 1 is 1.17 bits per heavy atom. The van der Waals surface area contributed by atoms with Gasteiger partial charge < -0.3 is 10.6 Å². The van der Waals surface area contributed by atoms with E-state index in [-0.39, 0.29) is 0 Å². The summed E-state index contributed by atoms with van der Waals surface area (Å²) in [5.41, 5.74) is 6.58. The van der Waals surface area contributed by atoms with E-state index in [0.717, 1.165) is 24.9 Å². The molecular formula is C15H31N3. The zero-order valence-corrected chi connectivity index (χ0v) is 12.5. The highest BCUT2D eigenvalue weighted by molar-refractivity contribution is 5.08. The maximum absolute atomic E-state index is 6.24. The van der Waals surface area contributed by atoms with Gasteiger partial charge in [-0.3, -0.25) is 4.90 Å². The Balaban J connectivity index is 2.06. The average Bonchev–Trinajstić information content (AvgIpc) is 2.94. The highest BCUT2D eigenvalue weighted by Crippen LogP contribution is 2.53. The molecule has 3 atom stereocenters. The lowest BCUT2D eigenvalue weighted by Gasteiger charge is -2.47. The molecule has 0 saturated heterocycles. The smallest absolute Gasteiger partial charge is 0.0363 e. The molecule has 3 unspecified atom stereocenters. The summed E-state index contributed by atoms with van der Waals surface area (Å²) < 4.78 is 0. The van der Waals surface area contributed by atoms with Crippen LogP contribution in [0, 0.1) is 11.8 Å². The molecule has 2 bridgehead atoms. The average molecular weight is 253 g/mol. The fourth-order valence-electron chi connectivity index (χ4n) is 4.33. The van der Waals surface area contributed by atoms with E-state index in [9.17, 15) is 0 Å². The third kappa shape index (κ3) is 2.59. The first-order valence-corrected chi connectivity index (χ1v) is 7.72. The van der Waals surface area contributed by atoms with Crippen LogP contribution in [0.5, 0.6) is 0 Å². The van der Waals surface area contributed by atoms with Gasteiger partial charge in [-0.1, -0.05) is 13.3 Å². The van der Waals surface area contributed by atoms with Gasteiger partial charge >= 0.3 is 0 Å². The number of likely N-dealkylation sites (N-methyl/N-ethyl adjacent to an activating group) is 1. The molecule has 0 aromatic carbocycles. The van der Waals surface area contributed by atoms with Crippen LogP contribution in [0.3, 0.4) is 0 Å². The summed E-state index contributed by atoms with van der Waals surface area (Å²) in [6, 6.07) is 0. The molecule has 0 aromatic rings. The van der Waals surface area contributed by atoms with Crippen LogP contribution < -0.4 is 5.73 Å². The first-order chi connectivity index (χ1) is 8.62. The molecule has 0 amide bonds. The maximum atomic E-state index is 6.24. The van der Waals surface area contributed by atoms with E-state index in [0.29, 0.717) is 5.54 Å². The van der Waals surface area contributed by atoms with Crippen LogP contribution in [0.15, 0.2) is 0 Å². The molecule has 106 valence electrons. The van der Waals surface area contributed by atoms with Gasteiger partial charge in [0.15, 0.2) is 0 Å². The largest absolute Gasteiger partial charge is 0.329 e. The monoisotopic (exact) mass is 253 g/mol. The first kappa shape index (κ1) is 14.3. The molecule has 0 aliphatic heterocycles. The zero-order chi connectivity index (χ0) is 13.2. The van der Waals surface area contributed by atoms with E-state index < -0.39 is 0 Å². The third-order valence-electron chi connectivity index (χ3n) is 5.24. The van der Waals surface area contributed by atoms with E-state index in [1.54, 1.807) is 0 Å². The molecule has 0 aromatic heterocycles. The third-order valence-corrected chi connectivity index (χ3v) is 5.24. The number of hydrogen-bond donors (Lipinski definition) is 1. The molecule has 2 aliphatic rings. The summed E-state index contributed by atoms with van der Waals surface area (Å²) in [4.78, 5) is 5.02. The molecule has 0 heterocycles. The maximum Gasteiger partial charge on any atom is 0.0363 e. The lowest BCUT2D eigenvalue weighted by Crippen LogP contribution is -2.58. The number of nitrogens with zero attached hydrogens (tertiary/aromatic N) is 2. The van der Waals surface area contributed by atoms with Gasteiger partial charge in [0.1, 0.15) is 0 Å². The molecular weight excluding hydrogens is 222 g/mol. The second-order valence-corrected chi connectivity index (χ2v) is 6.68. The number of fused-ring (bicyclic) bond motifs is 2. The van der Waals surface area contributed by atoms with Crippen LogP contribution in [0.2, 0.25) is 0 Å². The number of rotatable bonds is 7. The van der Waals surface area contributed by atoms with Crippen molar-refractivity contribution < 1.29 is 0 Å². The van der Waals surface area contributed by atoms with E-state index in [4.69, 9.17) is 5.73 Å².